The lowest BCUT2D eigenvalue weighted by Crippen LogP contribution is -2.58. The molecule has 3 fully saturated rings. The van der Waals surface area contributed by atoms with Gasteiger partial charge in [0.2, 0.25) is 5.91 Å². The van der Waals surface area contributed by atoms with Crippen LogP contribution in [0, 0.1) is 0 Å². The molecule has 2 amide bonds. The van der Waals surface area contributed by atoms with Gasteiger partial charge in [-0.1, -0.05) is 18.9 Å². The normalized spacial score (nSPS) is 25.6. The predicted octanol–water partition coefficient (Wildman–Crippen LogP) is 2.83. The van der Waals surface area contributed by atoms with Gasteiger partial charge in [-0.3, -0.25) is 14.5 Å². The number of hydrogen-bond donors (Lipinski definition) is 0. The maximum Gasteiger partial charge on any atom is 0.264 e. The number of carbonyl (C=O) groups excluding carboxylic acids is 2. The third kappa shape index (κ3) is 3.67. The van der Waals surface area contributed by atoms with Crippen LogP contribution in [0.2, 0.25) is 0 Å². The summed E-state index contributed by atoms with van der Waals surface area (Å²) in [4.78, 5) is 33.2. The first-order valence-electron chi connectivity index (χ1n) is 10.1. The second-order valence-corrected chi connectivity index (χ2v) is 8.73. The molecule has 0 radical (unpaired) electrons. The van der Waals surface area contributed by atoms with E-state index in [1.54, 1.807) is 0 Å². The number of rotatable bonds is 3. The van der Waals surface area contributed by atoms with Crippen LogP contribution in [0.3, 0.4) is 0 Å². The highest BCUT2D eigenvalue weighted by molar-refractivity contribution is 7.12. The lowest BCUT2D eigenvalue weighted by molar-refractivity contribution is -0.139. The minimum absolute atomic E-state index is 0.0302. The number of nitrogens with zero attached hydrogens (tertiary/aromatic N) is 3. The second-order valence-electron chi connectivity index (χ2n) is 7.79. The number of carbonyl (C=O) groups is 2. The first kappa shape index (κ1) is 18.0. The average Bonchev–Trinajstić information content (AvgIpc) is 3.41. The molecular formula is C20H29N3O2S. The Labute approximate surface area is 159 Å². The van der Waals surface area contributed by atoms with E-state index in [9.17, 15) is 9.59 Å². The minimum atomic E-state index is -0.267. The molecule has 26 heavy (non-hydrogen) atoms. The van der Waals surface area contributed by atoms with Crippen molar-refractivity contribution in [1.29, 1.82) is 0 Å². The molecule has 3 heterocycles. The van der Waals surface area contributed by atoms with Crippen molar-refractivity contribution >= 4 is 23.2 Å². The molecule has 1 aliphatic carbocycles. The zero-order valence-corrected chi connectivity index (χ0v) is 16.3. The Morgan fingerprint density at radius 1 is 0.923 bits per heavy atom. The largest absolute Gasteiger partial charge is 0.338 e. The first-order chi connectivity index (χ1) is 12.7. The van der Waals surface area contributed by atoms with E-state index < -0.39 is 0 Å². The molecule has 2 saturated heterocycles. The topological polar surface area (TPSA) is 43.9 Å². The summed E-state index contributed by atoms with van der Waals surface area (Å²) < 4.78 is 0. The highest BCUT2D eigenvalue weighted by atomic mass is 32.1. The molecule has 1 aromatic rings. The van der Waals surface area contributed by atoms with Crippen molar-refractivity contribution in [2.75, 3.05) is 32.7 Å². The van der Waals surface area contributed by atoms with Gasteiger partial charge in [-0.2, -0.15) is 0 Å². The average molecular weight is 376 g/mol. The van der Waals surface area contributed by atoms with Crippen LogP contribution >= 0.6 is 11.3 Å². The summed E-state index contributed by atoms with van der Waals surface area (Å²) in [5.41, 5.74) is 0. The Hall–Kier alpha value is -1.40. The number of thiophene rings is 1. The van der Waals surface area contributed by atoms with Gasteiger partial charge in [-0.15, -0.1) is 11.3 Å². The second kappa shape index (κ2) is 8.09. The van der Waals surface area contributed by atoms with Crippen molar-refractivity contribution in [3.8, 4) is 0 Å². The first-order valence-corrected chi connectivity index (χ1v) is 11.0. The third-order valence-corrected chi connectivity index (χ3v) is 7.11. The maximum atomic E-state index is 13.2. The Balaban J connectivity index is 1.39. The summed E-state index contributed by atoms with van der Waals surface area (Å²) in [7, 11) is 0. The zero-order chi connectivity index (χ0) is 17.9. The Morgan fingerprint density at radius 3 is 2.35 bits per heavy atom. The molecule has 142 valence electrons. The quantitative estimate of drug-likeness (QED) is 0.816. The van der Waals surface area contributed by atoms with Gasteiger partial charge in [-0.25, -0.2) is 0 Å². The number of hydrogen-bond acceptors (Lipinski definition) is 4. The summed E-state index contributed by atoms with van der Waals surface area (Å²) in [5.74, 6) is 0.198. The molecule has 0 bridgehead atoms. The number of piperidine rings is 1. The van der Waals surface area contributed by atoms with Crippen molar-refractivity contribution < 1.29 is 9.59 Å². The van der Waals surface area contributed by atoms with Crippen LogP contribution in [0.25, 0.3) is 0 Å². The molecule has 2 aliphatic heterocycles. The Morgan fingerprint density at radius 2 is 1.65 bits per heavy atom. The van der Waals surface area contributed by atoms with Crippen LogP contribution < -0.4 is 0 Å². The van der Waals surface area contributed by atoms with E-state index in [0.29, 0.717) is 6.54 Å². The summed E-state index contributed by atoms with van der Waals surface area (Å²) in [6, 6.07) is 4.24. The molecule has 1 atom stereocenters. The molecule has 5 nitrogen and oxygen atoms in total. The summed E-state index contributed by atoms with van der Waals surface area (Å²) >= 11 is 1.47. The smallest absolute Gasteiger partial charge is 0.264 e. The predicted molar refractivity (Wildman–Crippen MR) is 103 cm³/mol. The number of amides is 2. The van der Waals surface area contributed by atoms with Crippen LogP contribution in [0.1, 0.15) is 54.6 Å². The Kier molecular flexibility index (Phi) is 5.60. The molecule has 6 heteroatoms. The highest BCUT2D eigenvalue weighted by Crippen LogP contribution is 2.26. The van der Waals surface area contributed by atoms with E-state index in [1.807, 2.05) is 27.3 Å². The van der Waals surface area contributed by atoms with Crippen LogP contribution in [-0.2, 0) is 4.79 Å². The summed E-state index contributed by atoms with van der Waals surface area (Å²) in [6.45, 7) is 4.30. The third-order valence-electron chi connectivity index (χ3n) is 6.25. The number of likely N-dealkylation sites (tertiary alicyclic amines) is 1. The van der Waals surface area contributed by atoms with Gasteiger partial charge in [-0.05, 0) is 43.6 Å². The Bertz CT molecular complexity index is 619. The van der Waals surface area contributed by atoms with E-state index >= 15 is 0 Å². The summed E-state index contributed by atoms with van der Waals surface area (Å²) in [5, 5.41) is 1.93. The molecule has 1 aromatic heterocycles. The lowest BCUT2D eigenvalue weighted by atomic mass is 10.00. The van der Waals surface area contributed by atoms with Crippen molar-refractivity contribution in [3.63, 3.8) is 0 Å². The molecular weight excluding hydrogens is 346 g/mol. The standard InChI is InChI=1S/C20H29N3O2S/c24-19(22-13-11-21(12-14-22)16-6-1-2-7-16)17-8-3-4-10-23(17)20(25)18-9-5-15-26-18/h5,9,15-17H,1-4,6-8,10-14H2. The van der Waals surface area contributed by atoms with Gasteiger partial charge < -0.3 is 9.80 Å². The van der Waals surface area contributed by atoms with E-state index in [1.165, 1.54) is 37.0 Å². The molecule has 1 unspecified atom stereocenters. The van der Waals surface area contributed by atoms with Gasteiger partial charge in [0.25, 0.3) is 5.91 Å². The van der Waals surface area contributed by atoms with Gasteiger partial charge in [0.05, 0.1) is 4.88 Å². The highest BCUT2D eigenvalue weighted by Gasteiger charge is 2.37. The molecule has 3 aliphatic rings. The van der Waals surface area contributed by atoms with Gasteiger partial charge in [0, 0.05) is 38.8 Å². The van der Waals surface area contributed by atoms with Crippen LogP contribution in [-0.4, -0.2) is 71.3 Å². The van der Waals surface area contributed by atoms with E-state index in [2.05, 4.69) is 4.90 Å². The van der Waals surface area contributed by atoms with Crippen LogP contribution in [0.4, 0.5) is 0 Å². The molecule has 1 saturated carbocycles. The van der Waals surface area contributed by atoms with E-state index in [4.69, 9.17) is 0 Å². The maximum absolute atomic E-state index is 13.2. The fourth-order valence-electron chi connectivity index (χ4n) is 4.76. The van der Waals surface area contributed by atoms with Gasteiger partial charge >= 0.3 is 0 Å². The number of piperazine rings is 1. The van der Waals surface area contributed by atoms with E-state index in [0.717, 1.165) is 56.4 Å². The van der Waals surface area contributed by atoms with Crippen LogP contribution in [0.15, 0.2) is 17.5 Å². The van der Waals surface area contributed by atoms with Crippen LogP contribution in [0.5, 0.6) is 0 Å². The van der Waals surface area contributed by atoms with Gasteiger partial charge in [0.15, 0.2) is 0 Å². The molecule has 0 aromatic carbocycles. The summed E-state index contributed by atoms with van der Waals surface area (Å²) in [6.07, 6.45) is 8.18. The van der Waals surface area contributed by atoms with Crippen molar-refractivity contribution in [1.82, 2.24) is 14.7 Å². The lowest BCUT2D eigenvalue weighted by Gasteiger charge is -2.42. The van der Waals surface area contributed by atoms with Crippen molar-refractivity contribution in [2.45, 2.75) is 57.0 Å². The molecule has 0 N–H and O–H groups in total. The van der Waals surface area contributed by atoms with Crippen molar-refractivity contribution in [2.24, 2.45) is 0 Å². The van der Waals surface area contributed by atoms with E-state index in [-0.39, 0.29) is 17.9 Å². The van der Waals surface area contributed by atoms with Crippen molar-refractivity contribution in [3.05, 3.63) is 22.4 Å². The van der Waals surface area contributed by atoms with Gasteiger partial charge in [0.1, 0.15) is 6.04 Å². The minimum Gasteiger partial charge on any atom is -0.338 e. The molecule has 4 rings (SSSR count). The molecule has 0 spiro atoms. The fraction of sp³-hybridized carbons (Fsp3) is 0.700. The SMILES string of the molecule is O=C(C1CCCCN1C(=O)c1cccs1)N1CCN(C2CCCC2)CC1. The zero-order valence-electron chi connectivity index (χ0n) is 15.4. The monoisotopic (exact) mass is 375 g/mol. The fourth-order valence-corrected chi connectivity index (χ4v) is 5.44.